The predicted octanol–water partition coefficient (Wildman–Crippen LogP) is 0.251. The van der Waals surface area contributed by atoms with Crippen molar-refractivity contribution in [1.82, 2.24) is 9.47 Å². The molecule has 4 heterocycles. The molecule has 2 unspecified atom stereocenters. The zero-order chi connectivity index (χ0) is 21.7. The van der Waals surface area contributed by atoms with Gasteiger partial charge in [0.2, 0.25) is 17.5 Å². The highest BCUT2D eigenvalue weighted by molar-refractivity contribution is 6.00. The normalized spacial score (nSPS) is 26.0. The highest BCUT2D eigenvalue weighted by Crippen LogP contribution is 2.36. The van der Waals surface area contributed by atoms with Gasteiger partial charge >= 0.3 is 5.56 Å². The molecule has 9 heteroatoms. The van der Waals surface area contributed by atoms with E-state index in [1.165, 1.54) is 6.07 Å². The minimum atomic E-state index is -1.22. The summed E-state index contributed by atoms with van der Waals surface area (Å²) < 4.78 is 1.57. The fraction of sp³-hybridized carbons (Fsp3) is 0.409. The Bertz CT molecular complexity index is 1080. The van der Waals surface area contributed by atoms with E-state index in [-0.39, 0.29) is 41.7 Å². The number of anilines is 1. The Hall–Kier alpha value is -3.01. The van der Waals surface area contributed by atoms with Crippen LogP contribution < -0.4 is 15.7 Å². The number of carbonyl (C=O) groups excluding carboxylic acids is 2. The molecule has 4 atom stereocenters. The number of piperidine rings is 1. The van der Waals surface area contributed by atoms with Crippen molar-refractivity contribution in [2.45, 2.75) is 25.3 Å². The van der Waals surface area contributed by atoms with Crippen molar-refractivity contribution in [2.75, 3.05) is 24.5 Å². The Morgan fingerprint density at radius 3 is 2.55 bits per heavy atom. The number of nitrogens with zero attached hydrogens (tertiary/aromatic N) is 3. The van der Waals surface area contributed by atoms with Crippen molar-refractivity contribution in [2.24, 2.45) is 11.8 Å². The largest absolute Gasteiger partial charge is 0.595 e. The standard InChI is InChI=1S/C22H24N4O5/c27-20-9-16(13-24(20)17-4-2-1-3-5-17)21(28)23-10-14-8-15(12-23)18-6-7-19(26(30)31)22(29)25(18)11-14/h1-7,14-16,26,30H,8-13H2/t14-,15-,16?/m1/s1. The smallest absolute Gasteiger partial charge is 0.315 e. The summed E-state index contributed by atoms with van der Waals surface area (Å²) >= 11 is 0. The van der Waals surface area contributed by atoms with Crippen molar-refractivity contribution < 1.29 is 20.0 Å². The number of carbonyl (C=O) groups is 2. The summed E-state index contributed by atoms with van der Waals surface area (Å²) in [6.07, 6.45) is 1.08. The Morgan fingerprint density at radius 2 is 1.81 bits per heavy atom. The molecule has 2 saturated heterocycles. The van der Waals surface area contributed by atoms with Crippen molar-refractivity contribution in [3.63, 3.8) is 0 Å². The van der Waals surface area contributed by atoms with E-state index in [1.54, 1.807) is 15.5 Å². The lowest BCUT2D eigenvalue weighted by atomic mass is 9.82. The van der Waals surface area contributed by atoms with Gasteiger partial charge in [0.15, 0.2) is 0 Å². The number of fused-ring (bicyclic) bond motifs is 4. The van der Waals surface area contributed by atoms with Gasteiger partial charge in [0, 0.05) is 56.0 Å². The van der Waals surface area contributed by atoms with Crippen molar-refractivity contribution >= 4 is 23.2 Å². The van der Waals surface area contributed by atoms with E-state index in [9.17, 15) is 24.8 Å². The molecule has 2 fully saturated rings. The summed E-state index contributed by atoms with van der Waals surface area (Å²) in [6, 6.07) is 12.5. The van der Waals surface area contributed by atoms with Gasteiger partial charge < -0.3 is 19.6 Å². The molecule has 2 bridgehead atoms. The zero-order valence-corrected chi connectivity index (χ0v) is 16.9. The number of benzene rings is 1. The number of rotatable bonds is 3. The van der Waals surface area contributed by atoms with Gasteiger partial charge in [0.1, 0.15) is 0 Å². The lowest BCUT2D eigenvalue weighted by Gasteiger charge is -2.43. The number of amides is 2. The number of para-hydroxylation sites is 1. The van der Waals surface area contributed by atoms with Crippen molar-refractivity contribution in [1.29, 1.82) is 0 Å². The molecule has 0 radical (unpaired) electrons. The second-order valence-corrected chi connectivity index (χ2v) is 8.68. The lowest BCUT2D eigenvalue weighted by Crippen LogP contribution is -3.00. The first-order chi connectivity index (χ1) is 14.9. The molecule has 2 N–H and O–H groups in total. The first-order valence-electron chi connectivity index (χ1n) is 10.5. The molecule has 2 amide bonds. The maximum absolute atomic E-state index is 13.3. The summed E-state index contributed by atoms with van der Waals surface area (Å²) in [6.45, 7) is 1.80. The van der Waals surface area contributed by atoms with Gasteiger partial charge in [-0.25, -0.2) is 5.21 Å². The molecular formula is C22H24N4O5. The molecule has 1 aromatic heterocycles. The van der Waals surface area contributed by atoms with Gasteiger partial charge in [-0.15, -0.1) is 0 Å². The quantitative estimate of drug-likeness (QED) is 0.687. The first-order valence-corrected chi connectivity index (χ1v) is 10.5. The summed E-state index contributed by atoms with van der Waals surface area (Å²) in [4.78, 5) is 41.9. The number of nitrogens with one attached hydrogen (secondary N) is 1. The van der Waals surface area contributed by atoms with Crippen LogP contribution in [-0.2, 0) is 16.1 Å². The lowest BCUT2D eigenvalue weighted by molar-refractivity contribution is -0.992. The number of hydrogen-bond acceptors (Lipinski definition) is 5. The predicted molar refractivity (Wildman–Crippen MR) is 111 cm³/mol. The van der Waals surface area contributed by atoms with Crippen LogP contribution >= 0.6 is 0 Å². The third kappa shape index (κ3) is 3.44. The van der Waals surface area contributed by atoms with Crippen LogP contribution in [0.5, 0.6) is 0 Å². The van der Waals surface area contributed by atoms with Crippen LogP contribution in [0, 0.1) is 17.0 Å². The van der Waals surface area contributed by atoms with E-state index in [2.05, 4.69) is 0 Å². The molecule has 0 spiro atoms. The number of aromatic nitrogens is 1. The molecule has 31 heavy (non-hydrogen) atoms. The zero-order valence-electron chi connectivity index (χ0n) is 16.9. The van der Waals surface area contributed by atoms with Crippen molar-refractivity contribution in [3.8, 4) is 0 Å². The number of hydrogen-bond donors (Lipinski definition) is 2. The van der Waals surface area contributed by atoms with E-state index in [1.807, 2.05) is 35.2 Å². The van der Waals surface area contributed by atoms with Crippen LogP contribution in [0.1, 0.15) is 24.5 Å². The summed E-state index contributed by atoms with van der Waals surface area (Å²) in [7, 11) is 0. The van der Waals surface area contributed by atoms with Crippen molar-refractivity contribution in [3.05, 3.63) is 63.7 Å². The second-order valence-electron chi connectivity index (χ2n) is 8.68. The minimum absolute atomic E-state index is 0.00525. The van der Waals surface area contributed by atoms with Gasteiger partial charge in [-0.1, -0.05) is 18.2 Å². The van der Waals surface area contributed by atoms with Gasteiger partial charge in [-0.05, 0) is 30.5 Å². The van der Waals surface area contributed by atoms with E-state index in [4.69, 9.17) is 0 Å². The molecule has 3 aliphatic heterocycles. The van der Waals surface area contributed by atoms with E-state index >= 15 is 0 Å². The third-order valence-corrected chi connectivity index (χ3v) is 6.69. The molecule has 0 aliphatic carbocycles. The average Bonchev–Trinajstić information content (AvgIpc) is 3.16. The monoisotopic (exact) mass is 424 g/mol. The maximum atomic E-state index is 13.3. The fourth-order valence-electron chi connectivity index (χ4n) is 5.28. The molecule has 3 aliphatic rings. The van der Waals surface area contributed by atoms with Crippen LogP contribution in [0.4, 0.5) is 11.4 Å². The van der Waals surface area contributed by atoms with E-state index in [0.29, 0.717) is 26.2 Å². The molecular weight excluding hydrogens is 400 g/mol. The molecule has 162 valence electrons. The van der Waals surface area contributed by atoms with Crippen LogP contribution in [-0.4, -0.2) is 46.1 Å². The van der Waals surface area contributed by atoms with Crippen LogP contribution in [0.2, 0.25) is 0 Å². The van der Waals surface area contributed by atoms with Gasteiger partial charge in [-0.2, -0.15) is 5.23 Å². The molecule has 2 aromatic rings. The second kappa shape index (κ2) is 7.60. The van der Waals surface area contributed by atoms with Gasteiger partial charge in [-0.3, -0.25) is 14.4 Å². The summed E-state index contributed by atoms with van der Waals surface area (Å²) in [5, 5.41) is 19.3. The van der Waals surface area contributed by atoms with E-state index < -0.39 is 10.8 Å². The molecule has 0 saturated carbocycles. The summed E-state index contributed by atoms with van der Waals surface area (Å²) in [5.74, 6) is -0.337. The third-order valence-electron chi connectivity index (χ3n) is 6.69. The Labute approximate surface area is 178 Å². The molecule has 1 aromatic carbocycles. The van der Waals surface area contributed by atoms with Gasteiger partial charge in [0.25, 0.3) is 0 Å². The maximum Gasteiger partial charge on any atom is 0.315 e. The SMILES string of the molecule is O=C(C1CC(=O)N(c2ccccc2)C1)N1C[C@H]2C[C@H](C1)c1ccc([NH+]([O-])O)c(=O)n1C2. The van der Waals surface area contributed by atoms with Gasteiger partial charge in [0.05, 0.1) is 5.92 Å². The molecule has 5 rings (SSSR count). The Morgan fingerprint density at radius 1 is 1.03 bits per heavy atom. The van der Waals surface area contributed by atoms with Crippen LogP contribution in [0.25, 0.3) is 0 Å². The number of quaternary nitrogens is 1. The number of likely N-dealkylation sites (tertiary alicyclic amines) is 1. The van der Waals surface area contributed by atoms with Crippen LogP contribution in [0.3, 0.4) is 0 Å². The topological polar surface area (TPSA) is 110 Å². The summed E-state index contributed by atoms with van der Waals surface area (Å²) in [5.41, 5.74) is 0.902. The highest BCUT2D eigenvalue weighted by atomic mass is 16.8. The molecule has 9 nitrogen and oxygen atoms in total. The van der Waals surface area contributed by atoms with Crippen LogP contribution in [0.15, 0.2) is 47.3 Å². The fourth-order valence-corrected chi connectivity index (χ4v) is 5.28. The minimum Gasteiger partial charge on any atom is -0.595 e. The van der Waals surface area contributed by atoms with E-state index in [0.717, 1.165) is 17.8 Å². The average molecular weight is 424 g/mol. The number of pyridine rings is 1. The highest BCUT2D eigenvalue weighted by Gasteiger charge is 2.42. The first kappa shape index (κ1) is 19.9. The Balaban J connectivity index is 1.34. The Kier molecular flexibility index (Phi) is 4.88.